The lowest BCUT2D eigenvalue weighted by Gasteiger charge is -2.26. The van der Waals surface area contributed by atoms with Crippen LogP contribution < -0.4 is 5.32 Å². The van der Waals surface area contributed by atoms with Crippen LogP contribution in [0.15, 0.2) is 16.5 Å². The van der Waals surface area contributed by atoms with Crippen molar-refractivity contribution in [3.63, 3.8) is 0 Å². The number of hydrogen-bond donors (Lipinski definition) is 2. The van der Waals surface area contributed by atoms with Crippen LogP contribution in [-0.4, -0.2) is 18.3 Å². The van der Waals surface area contributed by atoms with Gasteiger partial charge in [-0.25, -0.2) is 0 Å². The van der Waals surface area contributed by atoms with Crippen LogP contribution in [0.3, 0.4) is 0 Å². The number of rotatable bonds is 5. The Morgan fingerprint density at radius 1 is 1.38 bits per heavy atom. The SMILES string of the molecule is OCC1(CNCc2ccc(I)o2)CCCC1. The molecule has 1 aliphatic carbocycles. The van der Waals surface area contributed by atoms with Gasteiger partial charge < -0.3 is 14.8 Å². The number of halogens is 1. The van der Waals surface area contributed by atoms with Gasteiger partial charge in [-0.15, -0.1) is 0 Å². The molecule has 0 saturated heterocycles. The van der Waals surface area contributed by atoms with Gasteiger partial charge in [-0.1, -0.05) is 12.8 Å². The van der Waals surface area contributed by atoms with Crippen LogP contribution >= 0.6 is 22.6 Å². The summed E-state index contributed by atoms with van der Waals surface area (Å²) in [5.41, 5.74) is 0.125. The summed E-state index contributed by atoms with van der Waals surface area (Å²) in [6.45, 7) is 1.95. The maximum Gasteiger partial charge on any atom is 0.164 e. The zero-order valence-electron chi connectivity index (χ0n) is 9.34. The van der Waals surface area contributed by atoms with E-state index >= 15 is 0 Å². The molecular weight excluding hydrogens is 317 g/mol. The summed E-state index contributed by atoms with van der Waals surface area (Å²) in [5, 5.41) is 12.8. The Labute approximate surface area is 110 Å². The Balaban J connectivity index is 1.78. The van der Waals surface area contributed by atoms with Crippen LogP contribution in [0.1, 0.15) is 31.4 Å². The van der Waals surface area contributed by atoms with Crippen molar-refractivity contribution in [2.75, 3.05) is 13.2 Å². The van der Waals surface area contributed by atoms with E-state index in [4.69, 9.17) is 4.42 Å². The highest BCUT2D eigenvalue weighted by atomic mass is 127. The summed E-state index contributed by atoms with van der Waals surface area (Å²) >= 11 is 2.17. The molecule has 0 spiro atoms. The van der Waals surface area contributed by atoms with Crippen molar-refractivity contribution in [2.24, 2.45) is 5.41 Å². The smallest absolute Gasteiger partial charge is 0.164 e. The first-order chi connectivity index (χ1) is 7.74. The van der Waals surface area contributed by atoms with Crippen molar-refractivity contribution in [3.8, 4) is 0 Å². The van der Waals surface area contributed by atoms with Crippen LogP contribution in [0, 0.1) is 9.18 Å². The van der Waals surface area contributed by atoms with Crippen LogP contribution in [0.25, 0.3) is 0 Å². The van der Waals surface area contributed by atoms with Gasteiger partial charge in [-0.05, 0) is 47.6 Å². The van der Waals surface area contributed by atoms with E-state index in [2.05, 4.69) is 27.9 Å². The van der Waals surface area contributed by atoms with Crippen molar-refractivity contribution >= 4 is 22.6 Å². The quantitative estimate of drug-likeness (QED) is 0.813. The van der Waals surface area contributed by atoms with E-state index in [0.29, 0.717) is 6.61 Å². The lowest BCUT2D eigenvalue weighted by atomic mass is 9.87. The average molecular weight is 335 g/mol. The molecule has 3 nitrogen and oxygen atoms in total. The fourth-order valence-corrected chi connectivity index (χ4v) is 2.88. The van der Waals surface area contributed by atoms with Crippen LogP contribution in [0.4, 0.5) is 0 Å². The lowest BCUT2D eigenvalue weighted by Crippen LogP contribution is -2.34. The molecule has 4 heteroatoms. The molecule has 2 rings (SSSR count). The van der Waals surface area contributed by atoms with E-state index in [1.807, 2.05) is 12.1 Å². The largest absolute Gasteiger partial charge is 0.454 e. The Hall–Kier alpha value is -0.0700. The molecule has 1 heterocycles. The first-order valence-corrected chi connectivity index (χ1v) is 6.88. The molecular formula is C12H18INO2. The van der Waals surface area contributed by atoms with Crippen molar-refractivity contribution in [1.82, 2.24) is 5.32 Å². The number of hydrogen-bond acceptors (Lipinski definition) is 3. The van der Waals surface area contributed by atoms with Crippen LogP contribution in [0.5, 0.6) is 0 Å². The summed E-state index contributed by atoms with van der Waals surface area (Å²) in [4.78, 5) is 0. The van der Waals surface area contributed by atoms with E-state index in [-0.39, 0.29) is 5.41 Å². The molecule has 90 valence electrons. The Kier molecular flexibility index (Phi) is 4.27. The highest BCUT2D eigenvalue weighted by Crippen LogP contribution is 2.36. The number of furan rings is 1. The van der Waals surface area contributed by atoms with Gasteiger partial charge in [0.2, 0.25) is 0 Å². The standard InChI is InChI=1S/C12H18INO2/c13-11-4-3-10(16-11)7-14-8-12(9-15)5-1-2-6-12/h3-4,14-15H,1-2,5-9H2. The van der Waals surface area contributed by atoms with Crippen molar-refractivity contribution < 1.29 is 9.52 Å². The summed E-state index contributed by atoms with van der Waals surface area (Å²) in [6.07, 6.45) is 4.79. The summed E-state index contributed by atoms with van der Waals surface area (Å²) in [5.74, 6) is 0.968. The molecule has 1 saturated carbocycles. The molecule has 0 aromatic carbocycles. The molecule has 1 fully saturated rings. The Morgan fingerprint density at radius 2 is 2.12 bits per heavy atom. The van der Waals surface area contributed by atoms with Crippen LogP contribution in [-0.2, 0) is 6.54 Å². The second kappa shape index (κ2) is 5.51. The molecule has 1 aromatic rings. The third-order valence-electron chi connectivity index (χ3n) is 3.43. The molecule has 0 atom stereocenters. The van der Waals surface area contributed by atoms with E-state index < -0.39 is 0 Å². The molecule has 16 heavy (non-hydrogen) atoms. The van der Waals surface area contributed by atoms with Crippen molar-refractivity contribution in [2.45, 2.75) is 32.2 Å². The molecule has 1 aromatic heterocycles. The molecule has 0 aliphatic heterocycles. The van der Waals surface area contributed by atoms with Gasteiger partial charge in [0.15, 0.2) is 3.77 Å². The van der Waals surface area contributed by atoms with Gasteiger partial charge in [0.1, 0.15) is 5.76 Å². The number of nitrogens with one attached hydrogen (secondary N) is 1. The molecule has 0 amide bonds. The zero-order valence-corrected chi connectivity index (χ0v) is 11.5. The zero-order chi connectivity index (χ0) is 11.4. The first-order valence-electron chi connectivity index (χ1n) is 5.80. The molecule has 2 N–H and O–H groups in total. The maximum absolute atomic E-state index is 9.45. The Morgan fingerprint density at radius 3 is 2.69 bits per heavy atom. The second-order valence-corrected chi connectivity index (χ2v) is 5.74. The third kappa shape index (κ3) is 2.99. The molecule has 0 bridgehead atoms. The predicted molar refractivity (Wildman–Crippen MR) is 71.1 cm³/mol. The minimum atomic E-state index is 0.125. The molecule has 1 aliphatic rings. The Bertz CT molecular complexity index is 332. The highest BCUT2D eigenvalue weighted by Gasteiger charge is 2.32. The normalized spacial score (nSPS) is 19.1. The van der Waals surface area contributed by atoms with Gasteiger partial charge in [0.25, 0.3) is 0 Å². The van der Waals surface area contributed by atoms with Gasteiger partial charge in [-0.3, -0.25) is 0 Å². The molecule has 0 unspecified atom stereocenters. The fourth-order valence-electron chi connectivity index (χ4n) is 2.41. The lowest BCUT2D eigenvalue weighted by molar-refractivity contribution is 0.127. The minimum absolute atomic E-state index is 0.125. The van der Waals surface area contributed by atoms with E-state index in [1.54, 1.807) is 0 Å². The third-order valence-corrected chi connectivity index (χ3v) is 4.01. The minimum Gasteiger partial charge on any atom is -0.454 e. The monoisotopic (exact) mass is 335 g/mol. The van der Waals surface area contributed by atoms with E-state index in [9.17, 15) is 5.11 Å². The van der Waals surface area contributed by atoms with Crippen LogP contribution in [0.2, 0.25) is 0 Å². The van der Waals surface area contributed by atoms with Gasteiger partial charge >= 0.3 is 0 Å². The number of aliphatic hydroxyl groups is 1. The van der Waals surface area contributed by atoms with Crippen molar-refractivity contribution in [1.29, 1.82) is 0 Å². The highest BCUT2D eigenvalue weighted by molar-refractivity contribution is 14.1. The van der Waals surface area contributed by atoms with Gasteiger partial charge in [0, 0.05) is 18.6 Å². The summed E-state index contributed by atoms with van der Waals surface area (Å²) in [7, 11) is 0. The maximum atomic E-state index is 9.45. The van der Waals surface area contributed by atoms with Crippen molar-refractivity contribution in [3.05, 3.63) is 21.7 Å². The summed E-state index contributed by atoms with van der Waals surface area (Å²) < 4.78 is 6.40. The first kappa shape index (κ1) is 12.4. The fraction of sp³-hybridized carbons (Fsp3) is 0.667. The van der Waals surface area contributed by atoms with E-state index in [1.165, 1.54) is 12.8 Å². The second-order valence-electron chi connectivity index (χ2n) is 4.67. The predicted octanol–water partition coefficient (Wildman–Crippen LogP) is 2.53. The van der Waals surface area contributed by atoms with Gasteiger partial charge in [-0.2, -0.15) is 0 Å². The molecule has 0 radical (unpaired) electrons. The topological polar surface area (TPSA) is 45.4 Å². The number of aliphatic hydroxyl groups excluding tert-OH is 1. The van der Waals surface area contributed by atoms with E-state index in [0.717, 1.165) is 35.5 Å². The summed E-state index contributed by atoms with van der Waals surface area (Å²) in [6, 6.07) is 3.96. The average Bonchev–Trinajstić information content (AvgIpc) is 2.89. The van der Waals surface area contributed by atoms with Gasteiger partial charge in [0.05, 0.1) is 6.54 Å².